The maximum Gasteiger partial charge on any atom is 0.0547 e. The summed E-state index contributed by atoms with van der Waals surface area (Å²) in [5.74, 6) is 0.601. The third kappa shape index (κ3) is 6.78. The molecule has 0 bridgehead atoms. The fourth-order valence-corrected chi connectivity index (χ4v) is 6.69. The van der Waals surface area contributed by atoms with Crippen molar-refractivity contribution < 1.29 is 0 Å². The number of aromatic nitrogens is 1. The number of rotatable bonds is 5. The number of nitrogens with zero attached hydrogens (tertiary/aromatic N) is 1. The molecule has 1 atom stereocenters. The van der Waals surface area contributed by atoms with E-state index < -0.39 is 0 Å². The average molecular weight is 626 g/mol. The Kier molecular flexibility index (Phi) is 10.4. The van der Waals surface area contributed by atoms with Crippen LogP contribution in [0.4, 0.5) is 0 Å². The van der Waals surface area contributed by atoms with E-state index in [0.717, 1.165) is 12.8 Å². The van der Waals surface area contributed by atoms with Crippen LogP contribution < -0.4 is 0 Å². The molecule has 1 heterocycles. The topological polar surface area (TPSA) is 4.93 Å². The molecule has 1 aromatic heterocycles. The first kappa shape index (κ1) is 32.8. The maximum absolute atomic E-state index is 2.43. The Morgan fingerprint density at radius 1 is 0.625 bits per heavy atom. The highest BCUT2D eigenvalue weighted by Crippen LogP contribution is 2.39. The van der Waals surface area contributed by atoms with Crippen LogP contribution in [0.2, 0.25) is 0 Å². The molecule has 0 radical (unpaired) electrons. The Balaban J connectivity index is 0.000000393. The van der Waals surface area contributed by atoms with E-state index >= 15 is 0 Å². The Bertz CT molecular complexity index is 2110. The van der Waals surface area contributed by atoms with Crippen molar-refractivity contribution in [2.75, 3.05) is 0 Å². The zero-order valence-electron chi connectivity index (χ0n) is 29.1. The van der Waals surface area contributed by atoms with Crippen LogP contribution in [0.5, 0.6) is 0 Å². The molecule has 0 saturated carbocycles. The van der Waals surface area contributed by atoms with Crippen LogP contribution in [0, 0.1) is 6.92 Å². The molecule has 6 aromatic carbocycles. The lowest BCUT2D eigenvalue weighted by molar-refractivity contribution is 0.734. The minimum atomic E-state index is 0.601. The molecule has 1 aliphatic carbocycles. The molecule has 1 heteroatoms. The second-order valence-corrected chi connectivity index (χ2v) is 12.5. The molecule has 1 aliphatic rings. The van der Waals surface area contributed by atoms with Crippen LogP contribution in [0.25, 0.3) is 55.8 Å². The third-order valence-electron chi connectivity index (χ3n) is 9.53. The minimum Gasteiger partial charge on any atom is -0.309 e. The second-order valence-electron chi connectivity index (χ2n) is 12.5. The van der Waals surface area contributed by atoms with Gasteiger partial charge in [-0.3, -0.25) is 0 Å². The molecule has 0 N–H and O–H groups in total. The van der Waals surface area contributed by atoms with Crippen molar-refractivity contribution in [2.24, 2.45) is 0 Å². The lowest BCUT2D eigenvalue weighted by atomic mass is 9.93. The summed E-state index contributed by atoms with van der Waals surface area (Å²) < 4.78 is 2.43. The van der Waals surface area contributed by atoms with Gasteiger partial charge in [0.2, 0.25) is 0 Å². The summed E-state index contributed by atoms with van der Waals surface area (Å²) in [4.78, 5) is 0. The summed E-state index contributed by atoms with van der Waals surface area (Å²) in [5, 5.41) is 2.68. The molecule has 7 aromatic rings. The highest BCUT2D eigenvalue weighted by Gasteiger charge is 2.18. The van der Waals surface area contributed by atoms with E-state index in [4.69, 9.17) is 0 Å². The van der Waals surface area contributed by atoms with E-state index in [1.54, 1.807) is 0 Å². The summed E-state index contributed by atoms with van der Waals surface area (Å²) in [6, 6.07) is 50.8. The summed E-state index contributed by atoms with van der Waals surface area (Å²) in [6.45, 7) is 10.6. The molecule has 0 amide bonds. The first-order chi connectivity index (χ1) is 23.6. The van der Waals surface area contributed by atoms with Crippen molar-refractivity contribution in [3.05, 3.63) is 168 Å². The Morgan fingerprint density at radius 3 is 1.81 bits per heavy atom. The van der Waals surface area contributed by atoms with Gasteiger partial charge >= 0.3 is 0 Å². The number of hydrogen-bond acceptors (Lipinski definition) is 0. The highest BCUT2D eigenvalue weighted by molar-refractivity contribution is 6.14. The SMILES string of the molecule is CC.CCC(C)c1ccc(-c2ccc(-c3ccc4c5c6c(ccc5n(-c5ccccc5)c4c3)CCC=C6)cc2)cc1.Cc1ccccc1. The van der Waals surface area contributed by atoms with Crippen molar-refractivity contribution in [3.8, 4) is 27.9 Å². The van der Waals surface area contributed by atoms with Crippen LogP contribution in [-0.2, 0) is 6.42 Å². The lowest BCUT2D eigenvalue weighted by Gasteiger charge is -2.13. The van der Waals surface area contributed by atoms with Gasteiger partial charge in [0.25, 0.3) is 0 Å². The molecule has 240 valence electrons. The molecule has 1 unspecified atom stereocenters. The van der Waals surface area contributed by atoms with Gasteiger partial charge in [0.05, 0.1) is 11.0 Å². The molecular formula is C47H47N. The van der Waals surface area contributed by atoms with Gasteiger partial charge in [-0.1, -0.05) is 161 Å². The van der Waals surface area contributed by atoms with Crippen LogP contribution in [0.3, 0.4) is 0 Å². The van der Waals surface area contributed by atoms with E-state index in [2.05, 4.69) is 159 Å². The zero-order valence-corrected chi connectivity index (χ0v) is 29.1. The van der Waals surface area contributed by atoms with E-state index in [-0.39, 0.29) is 0 Å². The van der Waals surface area contributed by atoms with Crippen molar-refractivity contribution in [1.29, 1.82) is 0 Å². The zero-order chi connectivity index (χ0) is 33.5. The fraction of sp³-hybridized carbons (Fsp3) is 0.191. The molecule has 48 heavy (non-hydrogen) atoms. The molecule has 1 nitrogen and oxygen atoms in total. The van der Waals surface area contributed by atoms with Gasteiger partial charge in [-0.15, -0.1) is 0 Å². The maximum atomic E-state index is 2.43. The van der Waals surface area contributed by atoms with Gasteiger partial charge in [0.15, 0.2) is 0 Å². The number of aryl methyl sites for hydroxylation is 2. The van der Waals surface area contributed by atoms with E-state index in [1.165, 1.54) is 78.4 Å². The Hall–Kier alpha value is -5.14. The van der Waals surface area contributed by atoms with Crippen LogP contribution >= 0.6 is 0 Å². The number of allylic oxidation sites excluding steroid dienone is 1. The first-order valence-electron chi connectivity index (χ1n) is 17.6. The largest absolute Gasteiger partial charge is 0.309 e. The number of fused-ring (bicyclic) bond motifs is 5. The van der Waals surface area contributed by atoms with E-state index in [1.807, 2.05) is 32.0 Å². The van der Waals surface area contributed by atoms with Gasteiger partial charge in [-0.2, -0.15) is 0 Å². The van der Waals surface area contributed by atoms with E-state index in [9.17, 15) is 0 Å². The first-order valence-corrected chi connectivity index (χ1v) is 17.6. The quantitative estimate of drug-likeness (QED) is 0.179. The molecule has 0 aliphatic heterocycles. The number of benzene rings is 6. The predicted octanol–water partition coefficient (Wildman–Crippen LogP) is 13.6. The third-order valence-corrected chi connectivity index (χ3v) is 9.53. The van der Waals surface area contributed by atoms with Gasteiger partial charge < -0.3 is 4.57 Å². The summed E-state index contributed by atoms with van der Waals surface area (Å²) >= 11 is 0. The predicted molar refractivity (Wildman–Crippen MR) is 210 cm³/mol. The van der Waals surface area contributed by atoms with Crippen molar-refractivity contribution >= 4 is 27.9 Å². The molecular weight excluding hydrogens is 579 g/mol. The number of hydrogen-bond donors (Lipinski definition) is 0. The van der Waals surface area contributed by atoms with Gasteiger partial charge in [0, 0.05) is 16.5 Å². The Labute approximate surface area is 287 Å². The molecule has 0 fully saturated rings. The summed E-state index contributed by atoms with van der Waals surface area (Å²) in [5.41, 5.74) is 14.3. The summed E-state index contributed by atoms with van der Waals surface area (Å²) in [6.07, 6.45) is 8.06. The van der Waals surface area contributed by atoms with Crippen molar-refractivity contribution in [2.45, 2.75) is 59.8 Å². The average Bonchev–Trinajstić information content (AvgIpc) is 3.50. The summed E-state index contributed by atoms with van der Waals surface area (Å²) in [7, 11) is 0. The van der Waals surface area contributed by atoms with Crippen LogP contribution in [0.1, 0.15) is 68.7 Å². The highest BCUT2D eigenvalue weighted by atomic mass is 15.0. The fourth-order valence-electron chi connectivity index (χ4n) is 6.69. The van der Waals surface area contributed by atoms with Crippen molar-refractivity contribution in [3.63, 3.8) is 0 Å². The standard InChI is InChI=1S/C38H33N.C7H8.C2H6/c1-3-26(2)27-13-15-28(16-14-27)29-17-19-30(20-18-29)32-21-23-35-37(25-32)39(33-10-5-4-6-11-33)36-24-22-31-9-7-8-12-34(31)38(35)36;1-7-5-3-2-4-6-7;1-2/h4-6,8,10-26H,3,7,9H2,1-2H3;2-6H,1H3;1-2H3. The molecule has 0 saturated heterocycles. The molecule has 0 spiro atoms. The van der Waals surface area contributed by atoms with Crippen molar-refractivity contribution in [1.82, 2.24) is 4.57 Å². The Morgan fingerprint density at radius 2 is 1.21 bits per heavy atom. The second kappa shape index (κ2) is 15.2. The normalized spacial score (nSPS) is 12.4. The van der Waals surface area contributed by atoms with Crippen LogP contribution in [-0.4, -0.2) is 4.57 Å². The van der Waals surface area contributed by atoms with Crippen LogP contribution in [0.15, 0.2) is 146 Å². The number of para-hydroxylation sites is 1. The minimum absolute atomic E-state index is 0.601. The lowest BCUT2D eigenvalue weighted by Crippen LogP contribution is -1.96. The smallest absolute Gasteiger partial charge is 0.0547 e. The van der Waals surface area contributed by atoms with Gasteiger partial charge in [-0.05, 0) is 95.3 Å². The molecule has 8 rings (SSSR count). The van der Waals surface area contributed by atoms with E-state index in [0.29, 0.717) is 5.92 Å². The van der Waals surface area contributed by atoms with Gasteiger partial charge in [0.1, 0.15) is 0 Å². The monoisotopic (exact) mass is 625 g/mol. The van der Waals surface area contributed by atoms with Gasteiger partial charge in [-0.25, -0.2) is 0 Å².